The number of carboxylic acids is 1. The van der Waals surface area contributed by atoms with Crippen molar-refractivity contribution < 1.29 is 27.9 Å². The molecule has 2 fully saturated rings. The third-order valence-electron chi connectivity index (χ3n) is 5.00. The lowest BCUT2D eigenvalue weighted by molar-refractivity contribution is -0.151. The van der Waals surface area contributed by atoms with E-state index in [1.807, 2.05) is 0 Å². The highest BCUT2D eigenvalue weighted by Gasteiger charge is 2.67. The topological polar surface area (TPSA) is 121 Å². The number of fused-ring (bicyclic) bond motifs is 1. The van der Waals surface area contributed by atoms with Crippen LogP contribution in [0.15, 0.2) is 0 Å². The first-order valence-electron chi connectivity index (χ1n) is 7.54. The zero-order chi connectivity index (χ0) is 17.7. The molecule has 2 aliphatic heterocycles. The molecule has 2 aliphatic rings. The maximum atomic E-state index is 12.6. The number of sulfone groups is 1. The Kier molecular flexibility index (Phi) is 4.21. The molecule has 0 aromatic rings. The quantitative estimate of drug-likeness (QED) is 0.661. The Hall–Kier alpha value is -1.64. The Morgan fingerprint density at radius 3 is 2.43 bits per heavy atom. The van der Waals surface area contributed by atoms with Crippen LogP contribution in [0.25, 0.3) is 0 Å². The molecule has 8 nitrogen and oxygen atoms in total. The molecule has 2 N–H and O–H groups in total. The zero-order valence-corrected chi connectivity index (χ0v) is 14.4. The number of carbonyl (C=O) groups excluding carboxylic acids is 2. The average Bonchev–Trinajstić information content (AvgIpc) is 2.57. The molecule has 4 atom stereocenters. The Balaban J connectivity index is 2.31. The van der Waals surface area contributed by atoms with Crippen molar-refractivity contribution in [2.75, 3.05) is 0 Å². The number of nitrogens with one attached hydrogen (secondary N) is 1. The van der Waals surface area contributed by atoms with Crippen molar-refractivity contribution in [2.24, 2.45) is 5.92 Å². The summed E-state index contributed by atoms with van der Waals surface area (Å²) in [6, 6.07) is -2.33. The van der Waals surface area contributed by atoms with Gasteiger partial charge in [0.2, 0.25) is 11.8 Å². The van der Waals surface area contributed by atoms with E-state index in [4.69, 9.17) is 0 Å². The van der Waals surface area contributed by atoms with E-state index in [0.29, 0.717) is 6.42 Å². The first-order valence-corrected chi connectivity index (χ1v) is 9.09. The van der Waals surface area contributed by atoms with Crippen molar-refractivity contribution in [1.82, 2.24) is 10.2 Å². The van der Waals surface area contributed by atoms with Gasteiger partial charge in [-0.1, -0.05) is 20.3 Å². The summed E-state index contributed by atoms with van der Waals surface area (Å²) in [6.07, 6.45) is 0.415. The maximum absolute atomic E-state index is 12.6. The summed E-state index contributed by atoms with van der Waals surface area (Å²) in [6.45, 7) is 6.29. The van der Waals surface area contributed by atoms with E-state index in [1.54, 1.807) is 13.8 Å². The number of β-lactam (4-membered cyclic amide) rings is 1. The Morgan fingerprint density at radius 2 is 2.00 bits per heavy atom. The molecule has 2 rings (SSSR count). The molecule has 4 unspecified atom stereocenters. The predicted molar refractivity (Wildman–Crippen MR) is 81.1 cm³/mol. The minimum atomic E-state index is -3.68. The van der Waals surface area contributed by atoms with Gasteiger partial charge in [0.05, 0.1) is 11.2 Å². The summed E-state index contributed by atoms with van der Waals surface area (Å²) < 4.78 is 23.5. The molecule has 0 bridgehead atoms. The fourth-order valence-corrected chi connectivity index (χ4v) is 5.30. The monoisotopic (exact) mass is 346 g/mol. The molecule has 23 heavy (non-hydrogen) atoms. The van der Waals surface area contributed by atoms with Crippen LogP contribution in [0, 0.1) is 5.92 Å². The average molecular weight is 346 g/mol. The lowest BCUT2D eigenvalue weighted by Gasteiger charge is -2.37. The number of nitrogens with zero attached hydrogens (tertiary/aromatic N) is 1. The normalized spacial score (nSPS) is 30.1. The molecular formula is C14H22N2O6S. The van der Waals surface area contributed by atoms with Crippen molar-refractivity contribution in [1.29, 1.82) is 0 Å². The number of hydrogen-bond acceptors (Lipinski definition) is 5. The summed E-state index contributed by atoms with van der Waals surface area (Å²) >= 11 is 0. The summed E-state index contributed by atoms with van der Waals surface area (Å²) in [5, 5.41) is 10.7. The lowest BCUT2D eigenvalue weighted by Crippen LogP contribution is -2.61. The zero-order valence-electron chi connectivity index (χ0n) is 13.6. The molecule has 0 saturated carbocycles. The van der Waals surface area contributed by atoms with Crippen molar-refractivity contribution in [3.8, 4) is 0 Å². The van der Waals surface area contributed by atoms with E-state index in [1.165, 1.54) is 13.8 Å². The van der Waals surface area contributed by atoms with Gasteiger partial charge in [0.15, 0.2) is 9.84 Å². The van der Waals surface area contributed by atoms with E-state index < -0.39 is 49.8 Å². The Bertz CT molecular complexity index is 656. The van der Waals surface area contributed by atoms with E-state index >= 15 is 0 Å². The van der Waals surface area contributed by atoms with E-state index in [-0.39, 0.29) is 12.3 Å². The van der Waals surface area contributed by atoms with Crippen molar-refractivity contribution in [2.45, 2.75) is 62.7 Å². The van der Waals surface area contributed by atoms with Crippen molar-refractivity contribution in [3.63, 3.8) is 0 Å². The fourth-order valence-electron chi connectivity index (χ4n) is 3.17. The number of hydrogen-bond donors (Lipinski definition) is 2. The van der Waals surface area contributed by atoms with Gasteiger partial charge in [0.1, 0.15) is 17.5 Å². The van der Waals surface area contributed by atoms with Crippen molar-refractivity contribution in [3.05, 3.63) is 0 Å². The molecule has 9 heteroatoms. The maximum Gasteiger partial charge on any atom is 0.326 e. The number of carbonyl (C=O) groups is 3. The Labute approximate surface area is 135 Å². The van der Waals surface area contributed by atoms with Crippen LogP contribution in [0.2, 0.25) is 0 Å². The van der Waals surface area contributed by atoms with Crippen LogP contribution in [0.1, 0.15) is 40.5 Å². The third kappa shape index (κ3) is 2.41. The minimum Gasteiger partial charge on any atom is -0.480 e. The van der Waals surface area contributed by atoms with Crippen LogP contribution >= 0.6 is 0 Å². The second-order valence-corrected chi connectivity index (χ2v) is 9.41. The molecule has 0 radical (unpaired) electrons. The molecular weight excluding hydrogens is 324 g/mol. The van der Waals surface area contributed by atoms with Crippen LogP contribution in [0.3, 0.4) is 0 Å². The van der Waals surface area contributed by atoms with Gasteiger partial charge in [0.25, 0.3) is 0 Å². The van der Waals surface area contributed by atoms with Crippen molar-refractivity contribution >= 4 is 27.6 Å². The molecule has 0 aliphatic carbocycles. The summed E-state index contributed by atoms with van der Waals surface area (Å²) in [7, 11) is -3.68. The highest BCUT2D eigenvalue weighted by molar-refractivity contribution is 7.93. The largest absolute Gasteiger partial charge is 0.480 e. The number of carboxylic acid groups (broad SMARTS) is 1. The number of aliphatic carboxylic acids is 1. The van der Waals surface area contributed by atoms with E-state index in [0.717, 1.165) is 4.90 Å². The highest BCUT2D eigenvalue weighted by atomic mass is 32.2. The van der Waals surface area contributed by atoms with Gasteiger partial charge in [0, 0.05) is 0 Å². The van der Waals surface area contributed by atoms with Crippen LogP contribution in [0.4, 0.5) is 0 Å². The predicted octanol–water partition coefficient (Wildman–Crippen LogP) is -0.264. The van der Waals surface area contributed by atoms with Gasteiger partial charge in [-0.25, -0.2) is 13.2 Å². The first kappa shape index (κ1) is 17.7. The standard InChI is InChI=1S/C14H22N2O6S/c1-5-7(2)10(13(19)20)15-12(18)11-14(3,4)23(21,22)9-6-8(17)16(9)11/h7,9-11H,5-6H2,1-4H3,(H,15,18)(H,19,20). The fraction of sp³-hybridized carbons (Fsp3) is 0.786. The highest BCUT2D eigenvalue weighted by Crippen LogP contribution is 2.45. The lowest BCUT2D eigenvalue weighted by atomic mass is 9.95. The molecule has 0 aromatic carbocycles. The smallest absolute Gasteiger partial charge is 0.326 e. The van der Waals surface area contributed by atoms with E-state index in [2.05, 4.69) is 5.32 Å². The Morgan fingerprint density at radius 1 is 1.43 bits per heavy atom. The molecule has 0 aromatic heterocycles. The molecule has 0 spiro atoms. The van der Waals surface area contributed by atoms with Gasteiger partial charge >= 0.3 is 5.97 Å². The van der Waals surface area contributed by atoms with Crippen LogP contribution in [-0.4, -0.2) is 58.4 Å². The molecule has 2 amide bonds. The summed E-state index contributed by atoms with van der Waals surface area (Å²) in [5.41, 5.74) is 0. The third-order valence-corrected chi connectivity index (χ3v) is 7.80. The van der Waals surface area contributed by atoms with Gasteiger partial charge < -0.3 is 15.3 Å². The molecule has 2 saturated heterocycles. The van der Waals surface area contributed by atoms with E-state index in [9.17, 15) is 27.9 Å². The SMILES string of the molecule is CCC(C)C(NC(=O)C1N2C(=O)CC2S(=O)(=O)C1(C)C)C(=O)O. The molecule has 130 valence electrons. The summed E-state index contributed by atoms with van der Waals surface area (Å²) in [5.74, 6) is -2.64. The number of amides is 2. The van der Waals surface area contributed by atoms with Gasteiger partial charge in [-0.15, -0.1) is 0 Å². The minimum absolute atomic E-state index is 0.122. The summed E-state index contributed by atoms with van der Waals surface area (Å²) in [4.78, 5) is 36.8. The van der Waals surface area contributed by atoms with Gasteiger partial charge in [-0.05, 0) is 19.8 Å². The molecule has 2 heterocycles. The van der Waals surface area contributed by atoms with Crippen LogP contribution in [0.5, 0.6) is 0 Å². The van der Waals surface area contributed by atoms with Gasteiger partial charge in [-0.3, -0.25) is 9.59 Å². The second kappa shape index (κ2) is 5.47. The van der Waals surface area contributed by atoms with Gasteiger partial charge in [-0.2, -0.15) is 0 Å². The first-order chi connectivity index (χ1) is 10.5. The van der Waals surface area contributed by atoms with Crippen LogP contribution < -0.4 is 5.32 Å². The van der Waals surface area contributed by atoms with Crippen LogP contribution in [-0.2, 0) is 24.2 Å². The second-order valence-electron chi connectivity index (χ2n) is 6.72. The number of rotatable bonds is 5.